The largest absolute Gasteiger partial charge is 0.387 e. The first-order chi connectivity index (χ1) is 4.18. The highest BCUT2D eigenvalue weighted by Gasteiger charge is 2.18. The molecular formula is C7H14N2. The van der Waals surface area contributed by atoms with Crippen LogP contribution in [0.4, 0.5) is 0 Å². The van der Waals surface area contributed by atoms with Crippen LogP contribution in [0.1, 0.15) is 26.7 Å². The van der Waals surface area contributed by atoms with Crippen LogP contribution >= 0.6 is 0 Å². The highest BCUT2D eigenvalue weighted by molar-refractivity contribution is 5.85. The van der Waals surface area contributed by atoms with Gasteiger partial charge in [-0.1, -0.05) is 13.8 Å². The van der Waals surface area contributed by atoms with Gasteiger partial charge < -0.3 is 5.73 Å². The van der Waals surface area contributed by atoms with Gasteiger partial charge in [0.2, 0.25) is 0 Å². The standard InChI is InChI=1S/C7H14N2/c1-5(2)3-6-4-7(8)9-6/h5-6H,3-4H2,1-2H3,(H2,8,9). The summed E-state index contributed by atoms with van der Waals surface area (Å²) in [6.45, 7) is 4.42. The summed E-state index contributed by atoms with van der Waals surface area (Å²) in [4.78, 5) is 4.16. The molecule has 2 N–H and O–H groups in total. The van der Waals surface area contributed by atoms with Gasteiger partial charge in [-0.25, -0.2) is 0 Å². The third-order valence-corrected chi connectivity index (χ3v) is 1.54. The van der Waals surface area contributed by atoms with Gasteiger partial charge >= 0.3 is 0 Å². The van der Waals surface area contributed by atoms with Gasteiger partial charge in [-0.3, -0.25) is 4.99 Å². The molecule has 0 aliphatic carbocycles. The molecule has 52 valence electrons. The number of hydrogen-bond donors (Lipinski definition) is 1. The van der Waals surface area contributed by atoms with E-state index in [0.717, 1.165) is 18.2 Å². The topological polar surface area (TPSA) is 38.4 Å². The molecule has 0 radical (unpaired) electrons. The molecule has 0 fully saturated rings. The molecule has 0 spiro atoms. The molecule has 0 aromatic heterocycles. The van der Waals surface area contributed by atoms with Crippen LogP contribution in [0.3, 0.4) is 0 Å². The molecule has 1 unspecified atom stereocenters. The second kappa shape index (κ2) is 2.38. The van der Waals surface area contributed by atoms with Crippen molar-refractivity contribution in [3.63, 3.8) is 0 Å². The van der Waals surface area contributed by atoms with Gasteiger partial charge in [-0.15, -0.1) is 0 Å². The van der Waals surface area contributed by atoms with Crippen molar-refractivity contribution in [2.75, 3.05) is 0 Å². The van der Waals surface area contributed by atoms with Gasteiger partial charge in [0.15, 0.2) is 0 Å². The molecular weight excluding hydrogens is 112 g/mol. The van der Waals surface area contributed by atoms with E-state index in [2.05, 4.69) is 18.8 Å². The molecule has 0 bridgehead atoms. The molecule has 0 saturated carbocycles. The van der Waals surface area contributed by atoms with Gasteiger partial charge in [0.05, 0.1) is 11.9 Å². The van der Waals surface area contributed by atoms with Crippen molar-refractivity contribution in [3.05, 3.63) is 0 Å². The summed E-state index contributed by atoms with van der Waals surface area (Å²) in [5.74, 6) is 1.59. The van der Waals surface area contributed by atoms with Crippen molar-refractivity contribution in [2.24, 2.45) is 16.6 Å². The van der Waals surface area contributed by atoms with Crippen LogP contribution in [0.15, 0.2) is 4.99 Å². The second-order valence-electron chi connectivity index (χ2n) is 3.11. The highest BCUT2D eigenvalue weighted by atomic mass is 15.0. The van der Waals surface area contributed by atoms with E-state index in [1.165, 1.54) is 6.42 Å². The van der Waals surface area contributed by atoms with Crippen LogP contribution in [-0.4, -0.2) is 11.9 Å². The fourth-order valence-corrected chi connectivity index (χ4v) is 1.14. The van der Waals surface area contributed by atoms with Crippen LogP contribution in [0, 0.1) is 5.92 Å². The summed E-state index contributed by atoms with van der Waals surface area (Å²) in [5.41, 5.74) is 5.39. The van der Waals surface area contributed by atoms with Gasteiger partial charge in [0, 0.05) is 6.42 Å². The molecule has 1 aliphatic heterocycles. The van der Waals surface area contributed by atoms with Crippen molar-refractivity contribution in [3.8, 4) is 0 Å². The summed E-state index contributed by atoms with van der Waals surface area (Å²) in [6, 6.07) is 0.546. The molecule has 1 atom stereocenters. The lowest BCUT2D eigenvalue weighted by atomic mass is 9.98. The first kappa shape index (κ1) is 6.59. The summed E-state index contributed by atoms with van der Waals surface area (Å²) >= 11 is 0. The van der Waals surface area contributed by atoms with E-state index in [1.54, 1.807) is 0 Å². The minimum atomic E-state index is 0.546. The van der Waals surface area contributed by atoms with Crippen LogP contribution < -0.4 is 5.73 Å². The molecule has 1 rings (SSSR count). The number of nitrogens with two attached hydrogens (primary N) is 1. The average Bonchev–Trinajstić information content (AvgIpc) is 1.60. The van der Waals surface area contributed by atoms with Crippen LogP contribution in [-0.2, 0) is 0 Å². The zero-order chi connectivity index (χ0) is 6.85. The Hall–Kier alpha value is -0.530. The van der Waals surface area contributed by atoms with Crippen LogP contribution in [0.2, 0.25) is 0 Å². The van der Waals surface area contributed by atoms with E-state index in [4.69, 9.17) is 5.73 Å². The predicted molar refractivity (Wildman–Crippen MR) is 39.5 cm³/mol. The first-order valence-corrected chi connectivity index (χ1v) is 3.50. The van der Waals surface area contributed by atoms with E-state index < -0.39 is 0 Å². The Balaban J connectivity index is 2.19. The summed E-state index contributed by atoms with van der Waals surface area (Å²) in [7, 11) is 0. The maximum Gasteiger partial charge on any atom is 0.0962 e. The lowest BCUT2D eigenvalue weighted by Crippen LogP contribution is -2.31. The minimum absolute atomic E-state index is 0.546. The summed E-state index contributed by atoms with van der Waals surface area (Å²) in [6.07, 6.45) is 2.22. The SMILES string of the molecule is CC(C)CC1CC(N)=N1. The van der Waals surface area contributed by atoms with Gasteiger partial charge in [0.1, 0.15) is 0 Å². The highest BCUT2D eigenvalue weighted by Crippen LogP contribution is 2.17. The smallest absolute Gasteiger partial charge is 0.0962 e. The lowest BCUT2D eigenvalue weighted by Gasteiger charge is -2.22. The Kier molecular flexibility index (Phi) is 1.74. The Morgan fingerprint density at radius 3 is 2.67 bits per heavy atom. The van der Waals surface area contributed by atoms with Crippen molar-refractivity contribution >= 4 is 5.84 Å². The Morgan fingerprint density at radius 2 is 2.33 bits per heavy atom. The molecule has 9 heavy (non-hydrogen) atoms. The van der Waals surface area contributed by atoms with Gasteiger partial charge in [0.25, 0.3) is 0 Å². The average molecular weight is 126 g/mol. The second-order valence-corrected chi connectivity index (χ2v) is 3.11. The van der Waals surface area contributed by atoms with E-state index in [9.17, 15) is 0 Å². The third kappa shape index (κ3) is 1.70. The molecule has 0 amide bonds. The van der Waals surface area contributed by atoms with Crippen molar-refractivity contribution < 1.29 is 0 Å². The molecule has 2 nitrogen and oxygen atoms in total. The quantitative estimate of drug-likeness (QED) is 0.592. The lowest BCUT2D eigenvalue weighted by molar-refractivity contribution is 0.482. The predicted octanol–water partition coefficient (Wildman–Crippen LogP) is 1.16. The fraction of sp³-hybridized carbons (Fsp3) is 0.857. The molecule has 1 aliphatic rings. The first-order valence-electron chi connectivity index (χ1n) is 3.50. The number of rotatable bonds is 2. The van der Waals surface area contributed by atoms with E-state index in [0.29, 0.717) is 6.04 Å². The molecule has 0 saturated heterocycles. The number of amidine groups is 1. The molecule has 2 heteroatoms. The fourth-order valence-electron chi connectivity index (χ4n) is 1.14. The summed E-state index contributed by atoms with van der Waals surface area (Å²) in [5, 5.41) is 0. The zero-order valence-corrected chi connectivity index (χ0v) is 6.09. The van der Waals surface area contributed by atoms with E-state index in [-0.39, 0.29) is 0 Å². The minimum Gasteiger partial charge on any atom is -0.387 e. The van der Waals surface area contributed by atoms with E-state index >= 15 is 0 Å². The molecule has 0 aromatic rings. The maximum absolute atomic E-state index is 5.39. The number of hydrogen-bond acceptors (Lipinski definition) is 2. The van der Waals surface area contributed by atoms with E-state index in [1.807, 2.05) is 0 Å². The maximum atomic E-state index is 5.39. The Bertz CT molecular complexity index is 127. The monoisotopic (exact) mass is 126 g/mol. The van der Waals surface area contributed by atoms with Gasteiger partial charge in [-0.2, -0.15) is 0 Å². The van der Waals surface area contributed by atoms with Crippen LogP contribution in [0.5, 0.6) is 0 Å². The third-order valence-electron chi connectivity index (χ3n) is 1.54. The van der Waals surface area contributed by atoms with Crippen molar-refractivity contribution in [1.29, 1.82) is 0 Å². The van der Waals surface area contributed by atoms with Crippen LogP contribution in [0.25, 0.3) is 0 Å². The molecule has 1 heterocycles. The number of nitrogens with zero attached hydrogens (tertiary/aromatic N) is 1. The number of aliphatic imine (C=N–C) groups is 1. The Labute approximate surface area is 56.2 Å². The van der Waals surface area contributed by atoms with Crippen molar-refractivity contribution in [2.45, 2.75) is 32.7 Å². The summed E-state index contributed by atoms with van der Waals surface area (Å²) < 4.78 is 0. The Morgan fingerprint density at radius 1 is 1.78 bits per heavy atom. The normalized spacial score (nSPS) is 25.7. The van der Waals surface area contributed by atoms with Gasteiger partial charge in [-0.05, 0) is 12.3 Å². The van der Waals surface area contributed by atoms with Crippen molar-refractivity contribution in [1.82, 2.24) is 0 Å². The zero-order valence-electron chi connectivity index (χ0n) is 6.09. The molecule has 0 aromatic carbocycles.